The van der Waals surface area contributed by atoms with Gasteiger partial charge in [0.25, 0.3) is 0 Å². The molecule has 1 fully saturated rings. The molecule has 0 spiro atoms. The van der Waals surface area contributed by atoms with Gasteiger partial charge in [-0.05, 0) is 26.7 Å². The Kier molecular flexibility index (Phi) is 4.24. The molecular formula is C12H20N4O2S. The maximum atomic E-state index is 11.8. The lowest BCUT2D eigenvalue weighted by molar-refractivity contribution is 0.591. The van der Waals surface area contributed by atoms with Crippen LogP contribution >= 0.6 is 0 Å². The Morgan fingerprint density at radius 1 is 1.32 bits per heavy atom. The number of aromatic nitrogens is 2. The molecule has 1 unspecified atom stereocenters. The van der Waals surface area contributed by atoms with E-state index in [2.05, 4.69) is 20.6 Å². The fourth-order valence-electron chi connectivity index (χ4n) is 2.27. The predicted molar refractivity (Wildman–Crippen MR) is 76.2 cm³/mol. The Labute approximate surface area is 114 Å². The zero-order valence-electron chi connectivity index (χ0n) is 11.3. The highest BCUT2D eigenvalue weighted by Crippen LogP contribution is 2.22. The number of rotatable bonds is 5. The normalized spacial score (nSPS) is 21.3. The molecular weight excluding hydrogens is 264 g/mol. The number of nitrogens with one attached hydrogen (secondary N) is 2. The van der Waals surface area contributed by atoms with Crippen molar-refractivity contribution < 1.29 is 8.42 Å². The monoisotopic (exact) mass is 284 g/mol. The summed E-state index contributed by atoms with van der Waals surface area (Å²) >= 11 is 0. The quantitative estimate of drug-likeness (QED) is 0.845. The van der Waals surface area contributed by atoms with Crippen molar-refractivity contribution >= 4 is 21.5 Å². The first-order valence-electron chi connectivity index (χ1n) is 6.55. The summed E-state index contributed by atoms with van der Waals surface area (Å²) in [6.45, 7) is 5.13. The third-order valence-corrected chi connectivity index (χ3v) is 5.66. The molecule has 1 aromatic heterocycles. The van der Waals surface area contributed by atoms with Crippen LogP contribution in [-0.4, -0.2) is 42.5 Å². The minimum atomic E-state index is -2.91. The minimum absolute atomic E-state index is 0.288. The molecule has 1 atom stereocenters. The first-order valence-corrected chi connectivity index (χ1v) is 8.27. The molecule has 2 N–H and O–H groups in total. The van der Waals surface area contributed by atoms with Gasteiger partial charge < -0.3 is 10.6 Å². The third kappa shape index (κ3) is 3.15. The Hall–Kier alpha value is -1.37. The zero-order valence-corrected chi connectivity index (χ0v) is 12.1. The van der Waals surface area contributed by atoms with Crippen LogP contribution in [-0.2, 0) is 9.84 Å². The van der Waals surface area contributed by atoms with E-state index in [-0.39, 0.29) is 5.25 Å². The van der Waals surface area contributed by atoms with Gasteiger partial charge in [0.05, 0.1) is 11.0 Å². The summed E-state index contributed by atoms with van der Waals surface area (Å²) in [5, 5.41) is 6.00. The molecule has 2 heterocycles. The number of hydrogen-bond donors (Lipinski definition) is 2. The van der Waals surface area contributed by atoms with Gasteiger partial charge in [-0.2, -0.15) is 0 Å². The van der Waals surface area contributed by atoms with Gasteiger partial charge in [0.2, 0.25) is 0 Å². The van der Waals surface area contributed by atoms with Crippen molar-refractivity contribution in [1.82, 2.24) is 9.97 Å². The van der Waals surface area contributed by atoms with Crippen LogP contribution in [0.1, 0.15) is 25.3 Å². The van der Waals surface area contributed by atoms with E-state index in [0.29, 0.717) is 18.1 Å². The number of anilines is 2. The largest absolute Gasteiger partial charge is 0.370 e. The summed E-state index contributed by atoms with van der Waals surface area (Å²) in [7, 11) is -2.91. The maximum Gasteiger partial charge on any atom is 0.154 e. The third-order valence-electron chi connectivity index (χ3n) is 3.39. The highest BCUT2D eigenvalue weighted by atomic mass is 32.2. The van der Waals surface area contributed by atoms with E-state index in [1.165, 1.54) is 6.33 Å². The van der Waals surface area contributed by atoms with E-state index in [4.69, 9.17) is 0 Å². The van der Waals surface area contributed by atoms with Gasteiger partial charge in [-0.3, -0.25) is 0 Å². The second-order valence-electron chi connectivity index (χ2n) is 4.74. The van der Waals surface area contributed by atoms with E-state index < -0.39 is 9.84 Å². The summed E-state index contributed by atoms with van der Waals surface area (Å²) in [4.78, 5) is 8.33. The molecule has 0 bridgehead atoms. The van der Waals surface area contributed by atoms with Crippen LogP contribution in [0.15, 0.2) is 6.33 Å². The summed E-state index contributed by atoms with van der Waals surface area (Å²) in [5.74, 6) is 1.80. The summed E-state index contributed by atoms with van der Waals surface area (Å²) in [5.41, 5.74) is 0.916. The van der Waals surface area contributed by atoms with Crippen LogP contribution < -0.4 is 10.6 Å². The second-order valence-corrected chi connectivity index (χ2v) is 7.14. The summed E-state index contributed by atoms with van der Waals surface area (Å²) < 4.78 is 23.5. The van der Waals surface area contributed by atoms with Crippen molar-refractivity contribution in [3.05, 3.63) is 11.9 Å². The summed E-state index contributed by atoms with van der Waals surface area (Å²) in [6, 6.07) is 0. The van der Waals surface area contributed by atoms with Crippen molar-refractivity contribution in [3.63, 3.8) is 0 Å². The fourth-order valence-corrected chi connectivity index (χ4v) is 4.04. The van der Waals surface area contributed by atoms with Crippen LogP contribution in [0.25, 0.3) is 0 Å². The number of sulfone groups is 1. The first-order chi connectivity index (χ1) is 9.04. The van der Waals surface area contributed by atoms with E-state index in [0.717, 1.165) is 30.8 Å². The molecule has 2 rings (SSSR count). The maximum absolute atomic E-state index is 11.8. The van der Waals surface area contributed by atoms with Crippen molar-refractivity contribution in [3.8, 4) is 0 Å². The van der Waals surface area contributed by atoms with Gasteiger partial charge in [-0.25, -0.2) is 18.4 Å². The molecule has 1 aliphatic rings. The molecule has 19 heavy (non-hydrogen) atoms. The van der Waals surface area contributed by atoms with E-state index in [1.807, 2.05) is 13.8 Å². The molecule has 6 nitrogen and oxygen atoms in total. The Morgan fingerprint density at radius 3 is 2.58 bits per heavy atom. The number of nitrogens with zero attached hydrogens (tertiary/aromatic N) is 2. The van der Waals surface area contributed by atoms with Crippen LogP contribution in [0.3, 0.4) is 0 Å². The lowest BCUT2D eigenvalue weighted by Gasteiger charge is -2.14. The van der Waals surface area contributed by atoms with Gasteiger partial charge >= 0.3 is 0 Å². The SMILES string of the molecule is CCNc1ncnc(NCC2CCCS2(=O)=O)c1C. The molecule has 0 saturated carbocycles. The predicted octanol–water partition coefficient (Wildman–Crippen LogP) is 1.21. The Bertz CT molecular complexity index is 545. The molecule has 0 aliphatic carbocycles. The van der Waals surface area contributed by atoms with Gasteiger partial charge in [0.1, 0.15) is 18.0 Å². The molecule has 0 aromatic carbocycles. The molecule has 106 valence electrons. The van der Waals surface area contributed by atoms with Crippen LogP contribution in [0, 0.1) is 6.92 Å². The van der Waals surface area contributed by atoms with Crippen LogP contribution in [0.2, 0.25) is 0 Å². The molecule has 1 aliphatic heterocycles. The standard InChI is InChI=1S/C12H20N4O2S/c1-3-13-11-9(2)12(16-8-15-11)14-7-10-5-4-6-19(10,17)18/h8,10H,3-7H2,1-2H3,(H2,13,14,15,16). The average Bonchev–Trinajstić information content (AvgIpc) is 2.70. The lowest BCUT2D eigenvalue weighted by Crippen LogP contribution is -2.25. The first kappa shape index (κ1) is 14.0. The highest BCUT2D eigenvalue weighted by Gasteiger charge is 2.31. The van der Waals surface area contributed by atoms with Gasteiger partial charge in [0.15, 0.2) is 9.84 Å². The molecule has 1 saturated heterocycles. The lowest BCUT2D eigenvalue weighted by atomic mass is 10.2. The average molecular weight is 284 g/mol. The minimum Gasteiger partial charge on any atom is -0.370 e. The van der Waals surface area contributed by atoms with Crippen molar-refractivity contribution in [1.29, 1.82) is 0 Å². The zero-order chi connectivity index (χ0) is 13.9. The van der Waals surface area contributed by atoms with Crippen molar-refractivity contribution in [2.45, 2.75) is 31.9 Å². The van der Waals surface area contributed by atoms with Crippen molar-refractivity contribution in [2.75, 3.05) is 29.5 Å². The van der Waals surface area contributed by atoms with E-state index in [1.54, 1.807) is 0 Å². The topological polar surface area (TPSA) is 84.0 Å². The van der Waals surface area contributed by atoms with Crippen molar-refractivity contribution in [2.24, 2.45) is 0 Å². The van der Waals surface area contributed by atoms with Gasteiger partial charge in [-0.15, -0.1) is 0 Å². The van der Waals surface area contributed by atoms with Gasteiger partial charge in [-0.1, -0.05) is 0 Å². The molecule has 0 amide bonds. The fraction of sp³-hybridized carbons (Fsp3) is 0.667. The summed E-state index contributed by atoms with van der Waals surface area (Å²) in [6.07, 6.45) is 2.98. The second kappa shape index (κ2) is 5.73. The Morgan fingerprint density at radius 2 is 2.00 bits per heavy atom. The van der Waals surface area contributed by atoms with E-state index >= 15 is 0 Å². The molecule has 0 radical (unpaired) electrons. The van der Waals surface area contributed by atoms with Gasteiger partial charge in [0, 0.05) is 18.7 Å². The van der Waals surface area contributed by atoms with Crippen LogP contribution in [0.4, 0.5) is 11.6 Å². The van der Waals surface area contributed by atoms with Crippen LogP contribution in [0.5, 0.6) is 0 Å². The molecule has 7 heteroatoms. The smallest absolute Gasteiger partial charge is 0.154 e. The number of hydrogen-bond acceptors (Lipinski definition) is 6. The highest BCUT2D eigenvalue weighted by molar-refractivity contribution is 7.92. The van der Waals surface area contributed by atoms with E-state index in [9.17, 15) is 8.42 Å². The molecule has 1 aromatic rings. The Balaban J connectivity index is 2.06.